The molecule has 41 heavy (non-hydrogen) atoms. The van der Waals surface area contributed by atoms with Gasteiger partial charge in [-0.2, -0.15) is 28.2 Å². The molecule has 3 aromatic rings. The number of halogens is 6. The number of nitrogens with two attached hydrogens (primary N) is 1. The van der Waals surface area contributed by atoms with Crippen LogP contribution in [0, 0.1) is 5.82 Å². The Morgan fingerprint density at radius 2 is 1.95 bits per heavy atom. The lowest BCUT2D eigenvalue weighted by Crippen LogP contribution is -2.29. The fourth-order valence-corrected chi connectivity index (χ4v) is 5.60. The maximum absolute atomic E-state index is 14.2. The summed E-state index contributed by atoms with van der Waals surface area (Å²) >= 11 is 12.4. The van der Waals surface area contributed by atoms with Crippen LogP contribution in [0.2, 0.25) is 10.0 Å². The lowest BCUT2D eigenvalue weighted by Gasteiger charge is -2.31. The van der Waals surface area contributed by atoms with Crippen LogP contribution in [-0.4, -0.2) is 58.3 Å². The van der Waals surface area contributed by atoms with Crippen molar-refractivity contribution in [1.82, 2.24) is 24.6 Å². The van der Waals surface area contributed by atoms with E-state index in [4.69, 9.17) is 38.4 Å². The van der Waals surface area contributed by atoms with Crippen molar-refractivity contribution in [1.29, 1.82) is 0 Å². The number of rotatable bonds is 4. The monoisotopic (exact) mass is 617 g/mol. The van der Waals surface area contributed by atoms with Crippen molar-refractivity contribution in [2.24, 2.45) is 0 Å². The van der Waals surface area contributed by atoms with E-state index in [0.29, 0.717) is 42.3 Å². The Hall–Kier alpha value is -3.36. The van der Waals surface area contributed by atoms with Gasteiger partial charge in [0.1, 0.15) is 5.82 Å². The molecular weight excluding hydrogens is 593 g/mol. The maximum atomic E-state index is 14.2. The third kappa shape index (κ3) is 5.24. The van der Waals surface area contributed by atoms with E-state index in [1.54, 1.807) is 18.8 Å². The first kappa shape index (κ1) is 29.1. The number of amides is 1. The van der Waals surface area contributed by atoms with Gasteiger partial charge in [-0.3, -0.25) is 9.48 Å². The van der Waals surface area contributed by atoms with Crippen molar-refractivity contribution in [3.05, 3.63) is 55.7 Å². The van der Waals surface area contributed by atoms with Gasteiger partial charge >= 0.3 is 12.2 Å². The van der Waals surface area contributed by atoms with Crippen molar-refractivity contribution in [2.45, 2.75) is 44.8 Å². The van der Waals surface area contributed by atoms with Crippen molar-refractivity contribution in [2.75, 3.05) is 38.4 Å². The smallest absolute Gasteiger partial charge is 0.418 e. The zero-order chi connectivity index (χ0) is 29.8. The molecule has 2 aromatic heterocycles. The second-order valence-corrected chi connectivity index (χ2v) is 10.6. The summed E-state index contributed by atoms with van der Waals surface area (Å²) in [5, 5.41) is 3.53. The lowest BCUT2D eigenvalue weighted by molar-refractivity contribution is -0.140. The molecule has 16 heteroatoms. The Bertz CT molecular complexity index is 1530. The molecule has 0 saturated carbocycles. The number of hydrogen-bond acceptors (Lipinski definition) is 8. The number of carbonyl (C=O) groups excluding carboxylic acids is 1. The Kier molecular flexibility index (Phi) is 7.68. The highest BCUT2D eigenvalue weighted by Crippen LogP contribution is 2.45. The summed E-state index contributed by atoms with van der Waals surface area (Å²) in [6.45, 7) is 1.11. The first-order valence-corrected chi connectivity index (χ1v) is 13.2. The number of benzene rings is 1. The van der Waals surface area contributed by atoms with E-state index in [1.807, 2.05) is 4.90 Å². The molecule has 2 N–H and O–H groups in total. The summed E-state index contributed by atoms with van der Waals surface area (Å²) in [6.07, 6.45) is -5.61. The summed E-state index contributed by atoms with van der Waals surface area (Å²) < 4.78 is 69.0. The van der Waals surface area contributed by atoms with Gasteiger partial charge in [-0.25, -0.2) is 4.39 Å². The Balaban J connectivity index is 1.53. The molecule has 1 amide bonds. The average Bonchev–Trinajstić information content (AvgIpc) is 3.08. The number of carbonyl (C=O) groups is 1. The van der Waals surface area contributed by atoms with Crippen molar-refractivity contribution < 1.29 is 31.8 Å². The van der Waals surface area contributed by atoms with Crippen LogP contribution in [0.15, 0.2) is 6.07 Å². The second kappa shape index (κ2) is 10.8. The standard InChI is InChI=1S/C25H25Cl2F4N7O3/c1-36(2)23(39)21-18(26)15-9-37(5-4-6-38(15)35-21)22-12-10-41-16(8-14(12)33-24(34-22)40-3)11-7-13(32)20(28)19(27)17(11)25(29,30)31/h7,16H,4-6,8-10,32H2,1-3H3. The SMILES string of the molecule is COc1nc2c(c(N3CCCn4nc(C(=O)N(C)C)c(Cl)c4C3)n1)COC(c1cc(N)c(F)c(Cl)c1C(F)(F)F)C2. The maximum Gasteiger partial charge on any atom is 0.418 e. The van der Waals surface area contributed by atoms with Gasteiger partial charge in [-0.1, -0.05) is 23.2 Å². The van der Waals surface area contributed by atoms with E-state index in [0.717, 1.165) is 6.07 Å². The number of fused-ring (bicyclic) bond motifs is 2. The van der Waals surface area contributed by atoms with E-state index in [9.17, 15) is 22.4 Å². The zero-order valence-corrected chi connectivity index (χ0v) is 23.7. The van der Waals surface area contributed by atoms with Gasteiger partial charge in [0.2, 0.25) is 0 Å². The molecule has 0 bridgehead atoms. The lowest BCUT2D eigenvalue weighted by atomic mass is 9.94. The summed E-state index contributed by atoms with van der Waals surface area (Å²) in [6, 6.07) is 0.892. The normalized spacial score (nSPS) is 17.1. The first-order chi connectivity index (χ1) is 19.3. The molecule has 0 spiro atoms. The molecule has 220 valence electrons. The van der Waals surface area contributed by atoms with Gasteiger partial charge in [0.15, 0.2) is 11.5 Å². The molecule has 4 heterocycles. The molecule has 0 aliphatic carbocycles. The van der Waals surface area contributed by atoms with Crippen molar-refractivity contribution >= 4 is 40.6 Å². The molecule has 1 unspecified atom stereocenters. The number of anilines is 2. The van der Waals surface area contributed by atoms with Gasteiger partial charge in [0.25, 0.3) is 5.91 Å². The minimum absolute atomic E-state index is 0.000534. The summed E-state index contributed by atoms with van der Waals surface area (Å²) in [5.74, 6) is -1.23. The van der Waals surface area contributed by atoms with Crippen LogP contribution in [-0.2, 0) is 37.0 Å². The number of nitrogens with zero attached hydrogens (tertiary/aromatic N) is 6. The van der Waals surface area contributed by atoms with Crippen LogP contribution >= 0.6 is 23.2 Å². The van der Waals surface area contributed by atoms with Gasteiger partial charge in [-0.05, 0) is 18.1 Å². The van der Waals surface area contributed by atoms with E-state index in [-0.39, 0.29) is 42.2 Å². The number of aromatic nitrogens is 4. The average molecular weight is 618 g/mol. The van der Waals surface area contributed by atoms with Gasteiger partial charge in [0, 0.05) is 39.2 Å². The predicted molar refractivity (Wildman–Crippen MR) is 142 cm³/mol. The quantitative estimate of drug-likeness (QED) is 0.332. The molecule has 2 aliphatic rings. The molecular formula is C25H25Cl2F4N7O3. The third-order valence-electron chi connectivity index (χ3n) is 6.98. The summed E-state index contributed by atoms with van der Waals surface area (Å²) in [7, 11) is 4.58. The predicted octanol–water partition coefficient (Wildman–Crippen LogP) is 4.65. The molecule has 0 radical (unpaired) electrons. The van der Waals surface area contributed by atoms with Gasteiger partial charge < -0.3 is 25.0 Å². The van der Waals surface area contributed by atoms with Crippen molar-refractivity contribution in [3.63, 3.8) is 0 Å². The Labute approximate surface area is 241 Å². The van der Waals surface area contributed by atoms with Crippen LogP contribution in [0.5, 0.6) is 6.01 Å². The number of nitrogen functional groups attached to an aromatic ring is 1. The number of methoxy groups -OCH3 is 1. The number of hydrogen-bond donors (Lipinski definition) is 1. The van der Waals surface area contributed by atoms with E-state index < -0.39 is 39.9 Å². The third-order valence-corrected chi connectivity index (χ3v) is 7.73. The second-order valence-electron chi connectivity index (χ2n) is 9.83. The minimum Gasteiger partial charge on any atom is -0.467 e. The molecule has 0 saturated heterocycles. The van der Waals surface area contributed by atoms with E-state index in [1.165, 1.54) is 12.0 Å². The van der Waals surface area contributed by atoms with Gasteiger partial charge in [-0.15, -0.1) is 0 Å². The van der Waals surface area contributed by atoms with Crippen LogP contribution in [0.25, 0.3) is 0 Å². The highest BCUT2D eigenvalue weighted by Gasteiger charge is 2.41. The van der Waals surface area contributed by atoms with E-state index >= 15 is 0 Å². The topological polar surface area (TPSA) is 112 Å². The highest BCUT2D eigenvalue weighted by molar-refractivity contribution is 6.34. The van der Waals surface area contributed by atoms with Crippen LogP contribution < -0.4 is 15.4 Å². The minimum atomic E-state index is -4.96. The fourth-order valence-electron chi connectivity index (χ4n) is 5.00. The molecule has 10 nitrogen and oxygen atoms in total. The van der Waals surface area contributed by atoms with Crippen LogP contribution in [0.3, 0.4) is 0 Å². The first-order valence-electron chi connectivity index (χ1n) is 12.4. The van der Waals surface area contributed by atoms with Crippen LogP contribution in [0.1, 0.15) is 51.1 Å². The number of aryl methyl sites for hydroxylation is 1. The molecule has 0 fully saturated rings. The Morgan fingerprint density at radius 3 is 2.61 bits per heavy atom. The molecule has 1 aromatic carbocycles. The van der Waals surface area contributed by atoms with Crippen LogP contribution in [0.4, 0.5) is 29.1 Å². The molecule has 2 aliphatic heterocycles. The van der Waals surface area contributed by atoms with Gasteiger partial charge in [0.05, 0.1) is 59.0 Å². The summed E-state index contributed by atoms with van der Waals surface area (Å²) in [4.78, 5) is 24.8. The number of ether oxygens (including phenoxy) is 2. The molecule has 1 atom stereocenters. The summed E-state index contributed by atoms with van der Waals surface area (Å²) in [5.41, 5.74) is 5.05. The Morgan fingerprint density at radius 1 is 1.22 bits per heavy atom. The van der Waals surface area contributed by atoms with E-state index in [2.05, 4.69) is 15.1 Å². The zero-order valence-electron chi connectivity index (χ0n) is 22.2. The largest absolute Gasteiger partial charge is 0.467 e. The fraction of sp³-hybridized carbons (Fsp3) is 0.440. The molecule has 5 rings (SSSR count). The highest BCUT2D eigenvalue weighted by atomic mass is 35.5. The number of alkyl halides is 3. The van der Waals surface area contributed by atoms with Crippen molar-refractivity contribution in [3.8, 4) is 6.01 Å².